The molecular formula is C19H18ClN3O2S. The van der Waals surface area contributed by atoms with Gasteiger partial charge in [0, 0.05) is 10.7 Å². The maximum Gasteiger partial charge on any atom is 0.277 e. The van der Waals surface area contributed by atoms with Crippen molar-refractivity contribution in [2.45, 2.75) is 25.5 Å². The Balaban J connectivity index is 1.53. The van der Waals surface area contributed by atoms with Crippen LogP contribution in [-0.2, 0) is 11.2 Å². The number of amides is 1. The number of anilines is 1. The molecule has 0 saturated heterocycles. The van der Waals surface area contributed by atoms with Crippen LogP contribution in [0.5, 0.6) is 0 Å². The van der Waals surface area contributed by atoms with Crippen LogP contribution in [0.15, 0.2) is 52.1 Å². The Morgan fingerprint density at radius 1 is 1.15 bits per heavy atom. The lowest BCUT2D eigenvalue weighted by molar-refractivity contribution is -0.113. The SMILES string of the molecule is Cc1ccc(Cc2nnc(SCC(=O)Nc3cc(Cl)ccc3C)o2)cc1. The predicted octanol–water partition coefficient (Wildman–Crippen LogP) is 4.66. The van der Waals surface area contributed by atoms with Crippen LogP contribution in [0, 0.1) is 13.8 Å². The zero-order valence-corrected chi connectivity index (χ0v) is 16.0. The number of rotatable bonds is 6. The van der Waals surface area contributed by atoms with Gasteiger partial charge in [0.1, 0.15) is 0 Å². The third-order valence-corrected chi connectivity index (χ3v) is 4.78. The molecule has 0 saturated carbocycles. The van der Waals surface area contributed by atoms with E-state index in [1.165, 1.54) is 17.3 Å². The van der Waals surface area contributed by atoms with Crippen molar-refractivity contribution in [3.8, 4) is 0 Å². The highest BCUT2D eigenvalue weighted by atomic mass is 35.5. The van der Waals surface area contributed by atoms with Crippen molar-refractivity contribution in [2.75, 3.05) is 11.1 Å². The smallest absolute Gasteiger partial charge is 0.277 e. The predicted molar refractivity (Wildman–Crippen MR) is 104 cm³/mol. The summed E-state index contributed by atoms with van der Waals surface area (Å²) in [5.41, 5.74) is 3.96. The highest BCUT2D eigenvalue weighted by Crippen LogP contribution is 2.22. The number of halogens is 1. The molecule has 1 amide bonds. The molecule has 0 spiro atoms. The summed E-state index contributed by atoms with van der Waals surface area (Å²) in [5, 5.41) is 11.8. The molecule has 3 rings (SSSR count). The first-order valence-corrected chi connectivity index (χ1v) is 9.42. The van der Waals surface area contributed by atoms with Crippen molar-refractivity contribution >= 4 is 35.0 Å². The van der Waals surface area contributed by atoms with Crippen LogP contribution in [0.2, 0.25) is 5.02 Å². The lowest BCUT2D eigenvalue weighted by atomic mass is 10.1. The summed E-state index contributed by atoms with van der Waals surface area (Å²) < 4.78 is 5.60. The van der Waals surface area contributed by atoms with E-state index in [0.717, 1.165) is 11.1 Å². The number of benzene rings is 2. The average molecular weight is 388 g/mol. The fourth-order valence-electron chi connectivity index (χ4n) is 2.29. The molecule has 3 aromatic rings. The van der Waals surface area contributed by atoms with Gasteiger partial charge in [-0.1, -0.05) is 59.3 Å². The third kappa shape index (κ3) is 5.09. The van der Waals surface area contributed by atoms with Gasteiger partial charge in [0.15, 0.2) is 0 Å². The number of nitrogens with one attached hydrogen (secondary N) is 1. The van der Waals surface area contributed by atoms with E-state index in [4.69, 9.17) is 16.0 Å². The Kier molecular flexibility index (Phi) is 5.96. The number of hydrogen-bond acceptors (Lipinski definition) is 5. The van der Waals surface area contributed by atoms with E-state index < -0.39 is 0 Å². The minimum Gasteiger partial charge on any atom is -0.416 e. The summed E-state index contributed by atoms with van der Waals surface area (Å²) in [7, 11) is 0. The maximum atomic E-state index is 12.1. The summed E-state index contributed by atoms with van der Waals surface area (Å²) in [4.78, 5) is 12.1. The topological polar surface area (TPSA) is 68.0 Å². The molecular weight excluding hydrogens is 370 g/mol. The molecule has 0 aliphatic carbocycles. The number of thioether (sulfide) groups is 1. The van der Waals surface area contributed by atoms with Gasteiger partial charge in [-0.05, 0) is 37.1 Å². The minimum absolute atomic E-state index is 0.154. The largest absolute Gasteiger partial charge is 0.416 e. The monoisotopic (exact) mass is 387 g/mol. The van der Waals surface area contributed by atoms with E-state index >= 15 is 0 Å². The molecule has 5 nitrogen and oxygen atoms in total. The van der Waals surface area contributed by atoms with Gasteiger partial charge < -0.3 is 9.73 Å². The molecule has 1 heterocycles. The number of carbonyl (C=O) groups excluding carboxylic acids is 1. The van der Waals surface area contributed by atoms with Crippen LogP contribution >= 0.6 is 23.4 Å². The molecule has 134 valence electrons. The lowest BCUT2D eigenvalue weighted by Gasteiger charge is -2.07. The molecule has 1 aromatic heterocycles. The Morgan fingerprint density at radius 3 is 2.69 bits per heavy atom. The van der Waals surface area contributed by atoms with Crippen LogP contribution in [-0.4, -0.2) is 21.9 Å². The van der Waals surface area contributed by atoms with Crippen LogP contribution in [0.4, 0.5) is 5.69 Å². The van der Waals surface area contributed by atoms with Gasteiger partial charge >= 0.3 is 0 Å². The lowest BCUT2D eigenvalue weighted by Crippen LogP contribution is -2.14. The van der Waals surface area contributed by atoms with E-state index in [0.29, 0.717) is 28.2 Å². The van der Waals surface area contributed by atoms with E-state index in [1.54, 1.807) is 12.1 Å². The van der Waals surface area contributed by atoms with Crippen molar-refractivity contribution in [3.05, 3.63) is 70.1 Å². The van der Waals surface area contributed by atoms with Gasteiger partial charge in [0.25, 0.3) is 5.22 Å². The first-order valence-electron chi connectivity index (χ1n) is 8.06. The van der Waals surface area contributed by atoms with Gasteiger partial charge in [0.05, 0.1) is 12.2 Å². The maximum absolute atomic E-state index is 12.1. The van der Waals surface area contributed by atoms with Gasteiger partial charge in [-0.2, -0.15) is 0 Å². The number of aryl methyl sites for hydroxylation is 2. The number of nitrogens with zero attached hydrogens (tertiary/aromatic N) is 2. The van der Waals surface area contributed by atoms with Crippen LogP contribution in [0.25, 0.3) is 0 Å². The van der Waals surface area contributed by atoms with Crippen molar-refractivity contribution in [1.29, 1.82) is 0 Å². The molecule has 26 heavy (non-hydrogen) atoms. The summed E-state index contributed by atoms with van der Waals surface area (Å²) in [6, 6.07) is 13.5. The Morgan fingerprint density at radius 2 is 1.92 bits per heavy atom. The molecule has 0 aliphatic rings. The van der Waals surface area contributed by atoms with Crippen molar-refractivity contribution in [2.24, 2.45) is 0 Å². The first kappa shape index (κ1) is 18.5. The molecule has 0 fully saturated rings. The second-order valence-electron chi connectivity index (χ2n) is 5.92. The highest BCUT2D eigenvalue weighted by molar-refractivity contribution is 7.99. The van der Waals surface area contributed by atoms with Crippen LogP contribution < -0.4 is 5.32 Å². The molecule has 0 aliphatic heterocycles. The summed E-state index contributed by atoms with van der Waals surface area (Å²) in [6.45, 7) is 3.95. The third-order valence-electron chi connectivity index (χ3n) is 3.72. The van der Waals surface area contributed by atoms with E-state index in [-0.39, 0.29) is 11.7 Å². The number of aromatic nitrogens is 2. The van der Waals surface area contributed by atoms with E-state index in [2.05, 4.69) is 15.5 Å². The fourth-order valence-corrected chi connectivity index (χ4v) is 3.04. The molecule has 2 aromatic carbocycles. The van der Waals surface area contributed by atoms with Crippen molar-refractivity contribution in [3.63, 3.8) is 0 Å². The summed E-state index contributed by atoms with van der Waals surface area (Å²) in [5.74, 6) is 0.555. The van der Waals surface area contributed by atoms with E-state index in [9.17, 15) is 4.79 Å². The highest BCUT2D eigenvalue weighted by Gasteiger charge is 2.11. The van der Waals surface area contributed by atoms with Crippen LogP contribution in [0.3, 0.4) is 0 Å². The van der Waals surface area contributed by atoms with Gasteiger partial charge in [-0.15, -0.1) is 10.2 Å². The second-order valence-corrected chi connectivity index (χ2v) is 7.28. The summed E-state index contributed by atoms with van der Waals surface area (Å²) >= 11 is 7.17. The Hall–Kier alpha value is -2.31. The molecule has 0 unspecified atom stereocenters. The molecule has 0 bridgehead atoms. The fraction of sp³-hybridized carbons (Fsp3) is 0.211. The molecule has 0 radical (unpaired) electrons. The zero-order chi connectivity index (χ0) is 18.5. The average Bonchev–Trinajstić information content (AvgIpc) is 3.06. The normalized spacial score (nSPS) is 10.7. The van der Waals surface area contributed by atoms with Gasteiger partial charge in [0.2, 0.25) is 11.8 Å². The van der Waals surface area contributed by atoms with Crippen molar-refractivity contribution < 1.29 is 9.21 Å². The number of carbonyl (C=O) groups is 1. The van der Waals surface area contributed by atoms with E-state index in [1.807, 2.05) is 44.2 Å². The standard InChI is InChI=1S/C19H18ClN3O2S/c1-12-3-6-14(7-4-12)9-18-22-23-19(25-18)26-11-17(24)21-16-10-15(20)8-5-13(16)2/h3-8,10H,9,11H2,1-2H3,(H,21,24). The Bertz CT molecular complexity index is 909. The zero-order valence-electron chi connectivity index (χ0n) is 14.5. The van der Waals surface area contributed by atoms with Crippen LogP contribution in [0.1, 0.15) is 22.6 Å². The summed E-state index contributed by atoms with van der Waals surface area (Å²) in [6.07, 6.45) is 0.571. The Labute approximate surface area is 161 Å². The number of hydrogen-bond donors (Lipinski definition) is 1. The molecule has 0 atom stereocenters. The van der Waals surface area contributed by atoms with Crippen molar-refractivity contribution in [1.82, 2.24) is 10.2 Å². The molecule has 1 N–H and O–H groups in total. The quantitative estimate of drug-likeness (QED) is 0.623. The minimum atomic E-state index is -0.154. The van der Waals surface area contributed by atoms with Gasteiger partial charge in [-0.3, -0.25) is 4.79 Å². The molecule has 7 heteroatoms. The second kappa shape index (κ2) is 8.38. The van der Waals surface area contributed by atoms with Gasteiger partial charge in [-0.25, -0.2) is 0 Å². The first-order chi connectivity index (χ1) is 12.5.